The highest BCUT2D eigenvalue weighted by atomic mass is 19.1. The lowest BCUT2D eigenvalue weighted by Crippen LogP contribution is -2.60. The van der Waals surface area contributed by atoms with Crippen LogP contribution in [-0.2, 0) is 19.1 Å². The molecule has 9 heteroatoms. The van der Waals surface area contributed by atoms with Gasteiger partial charge in [0.05, 0.1) is 13.2 Å². The fraction of sp³-hybridized carbons (Fsp3) is 0.500. The molecule has 0 spiro atoms. The van der Waals surface area contributed by atoms with E-state index >= 15 is 0 Å². The van der Waals surface area contributed by atoms with Gasteiger partial charge in [0.2, 0.25) is 18.2 Å². The number of rotatable bonds is 8. The van der Waals surface area contributed by atoms with Gasteiger partial charge in [-0.1, -0.05) is 49.6 Å². The first-order valence-corrected chi connectivity index (χ1v) is 12.9. The summed E-state index contributed by atoms with van der Waals surface area (Å²) in [6.45, 7) is 2.45. The number of aliphatic hydroxyl groups is 1. The van der Waals surface area contributed by atoms with Crippen molar-refractivity contribution in [1.29, 1.82) is 0 Å². The number of amides is 2. The molecule has 0 bridgehead atoms. The normalized spacial score (nSPS) is 20.7. The van der Waals surface area contributed by atoms with Crippen molar-refractivity contribution >= 4 is 17.5 Å². The number of nitrogens with zero attached hydrogens (tertiary/aromatic N) is 2. The number of morpholine rings is 1. The summed E-state index contributed by atoms with van der Waals surface area (Å²) >= 11 is 0. The molecule has 1 aliphatic heterocycles. The molecule has 1 unspecified atom stereocenters. The van der Waals surface area contributed by atoms with Crippen molar-refractivity contribution in [3.63, 3.8) is 0 Å². The van der Waals surface area contributed by atoms with Crippen LogP contribution in [0.3, 0.4) is 0 Å². The Morgan fingerprint density at radius 2 is 1.92 bits per heavy atom. The maximum Gasteiger partial charge on any atom is 0.248 e. The molecule has 37 heavy (non-hydrogen) atoms. The van der Waals surface area contributed by atoms with Crippen molar-refractivity contribution in [2.45, 2.75) is 63.6 Å². The molecule has 2 fully saturated rings. The first-order valence-electron chi connectivity index (χ1n) is 12.9. The number of methoxy groups -OCH3 is 1. The summed E-state index contributed by atoms with van der Waals surface area (Å²) in [5.74, 6) is -1.34. The van der Waals surface area contributed by atoms with Crippen molar-refractivity contribution in [3.05, 3.63) is 65.5 Å². The molecule has 1 saturated heterocycles. The minimum Gasteiger partial charge on any atom is -0.378 e. The van der Waals surface area contributed by atoms with Crippen LogP contribution in [0.5, 0.6) is 0 Å². The van der Waals surface area contributed by atoms with Crippen molar-refractivity contribution < 1.29 is 28.6 Å². The third-order valence-electron chi connectivity index (χ3n) is 7.21. The average molecular weight is 514 g/mol. The quantitative estimate of drug-likeness (QED) is 0.527. The second kappa shape index (κ2) is 12.6. The molecule has 2 aromatic rings. The number of hydrogen-bond donors (Lipinski definition) is 2. The zero-order valence-corrected chi connectivity index (χ0v) is 21.4. The Bertz CT molecular complexity index is 1080. The van der Waals surface area contributed by atoms with Gasteiger partial charge in [-0.15, -0.1) is 0 Å². The Kier molecular flexibility index (Phi) is 9.26. The van der Waals surface area contributed by atoms with Gasteiger partial charge in [-0.25, -0.2) is 9.29 Å². The minimum atomic E-state index is -1.33. The van der Waals surface area contributed by atoms with Crippen molar-refractivity contribution in [2.24, 2.45) is 0 Å². The molecule has 1 aliphatic carbocycles. The standard InChI is InChI=1S/C28H36FN3O5/c1-19-9-6-7-14-23(19)25(26(33)30-21-11-4-3-5-12-21)32(22-13-8-10-20(29)17-22)27(34)24-18-37-16-15-31(24)28(35)36-2/h6-10,13-14,17,21,24-25,28,35H,3-5,11-12,15-16,18H2,1-2H3,(H,30,33)/t24-,25-,28?/m0/s1. The Morgan fingerprint density at radius 1 is 1.16 bits per heavy atom. The van der Waals surface area contributed by atoms with E-state index < -0.39 is 30.2 Å². The number of aliphatic hydroxyl groups excluding tert-OH is 1. The van der Waals surface area contributed by atoms with Gasteiger partial charge < -0.3 is 19.9 Å². The van der Waals surface area contributed by atoms with E-state index in [1.54, 1.807) is 6.07 Å². The van der Waals surface area contributed by atoms with Crippen LogP contribution in [0.25, 0.3) is 0 Å². The number of halogens is 1. The highest BCUT2D eigenvalue weighted by Gasteiger charge is 2.42. The van der Waals surface area contributed by atoms with Gasteiger partial charge in [0.25, 0.3) is 0 Å². The monoisotopic (exact) mass is 513 g/mol. The maximum atomic E-state index is 14.5. The molecule has 1 saturated carbocycles. The van der Waals surface area contributed by atoms with Crippen LogP contribution in [0, 0.1) is 12.7 Å². The van der Waals surface area contributed by atoms with Crippen molar-refractivity contribution in [3.8, 4) is 0 Å². The minimum absolute atomic E-state index is 0.00416. The molecule has 4 rings (SSSR count). The fourth-order valence-corrected chi connectivity index (χ4v) is 5.24. The zero-order valence-electron chi connectivity index (χ0n) is 21.4. The molecule has 1 heterocycles. The van der Waals surface area contributed by atoms with E-state index in [1.807, 2.05) is 31.2 Å². The van der Waals surface area contributed by atoms with Crippen LogP contribution in [0.2, 0.25) is 0 Å². The van der Waals surface area contributed by atoms with E-state index in [2.05, 4.69) is 5.32 Å². The summed E-state index contributed by atoms with van der Waals surface area (Å²) in [6, 6.07) is 11.1. The lowest BCUT2D eigenvalue weighted by atomic mass is 9.93. The molecule has 0 radical (unpaired) electrons. The number of hydrogen-bond acceptors (Lipinski definition) is 6. The average Bonchev–Trinajstić information content (AvgIpc) is 2.92. The Morgan fingerprint density at radius 3 is 2.62 bits per heavy atom. The van der Waals surface area contributed by atoms with Crippen LogP contribution in [0.15, 0.2) is 48.5 Å². The van der Waals surface area contributed by atoms with Crippen molar-refractivity contribution in [1.82, 2.24) is 10.2 Å². The number of carbonyl (C=O) groups excluding carboxylic acids is 2. The van der Waals surface area contributed by atoms with E-state index in [-0.39, 0.29) is 30.8 Å². The second-order valence-corrected chi connectivity index (χ2v) is 9.68. The van der Waals surface area contributed by atoms with E-state index in [0.717, 1.165) is 37.7 Å². The van der Waals surface area contributed by atoms with Crippen LogP contribution < -0.4 is 10.2 Å². The summed E-state index contributed by atoms with van der Waals surface area (Å²) in [5, 5.41) is 13.6. The molecular weight excluding hydrogens is 477 g/mol. The van der Waals surface area contributed by atoms with Gasteiger partial charge in [0.1, 0.15) is 17.9 Å². The molecule has 8 nitrogen and oxygen atoms in total. The Balaban J connectivity index is 1.80. The highest BCUT2D eigenvalue weighted by molar-refractivity contribution is 6.04. The predicted molar refractivity (Wildman–Crippen MR) is 137 cm³/mol. The molecule has 2 aliphatic rings. The lowest BCUT2D eigenvalue weighted by Gasteiger charge is -2.41. The summed E-state index contributed by atoms with van der Waals surface area (Å²) < 4.78 is 25.2. The molecular formula is C28H36FN3O5. The number of nitrogens with one attached hydrogen (secondary N) is 1. The van der Waals surface area contributed by atoms with Crippen LogP contribution >= 0.6 is 0 Å². The van der Waals surface area contributed by atoms with Gasteiger partial charge in [-0.05, 0) is 49.1 Å². The number of aryl methyl sites for hydroxylation is 1. The zero-order chi connectivity index (χ0) is 26.4. The fourth-order valence-electron chi connectivity index (χ4n) is 5.24. The van der Waals surface area contributed by atoms with Crippen LogP contribution in [0.4, 0.5) is 10.1 Å². The number of ether oxygens (including phenoxy) is 2. The molecule has 2 amide bonds. The molecule has 3 atom stereocenters. The van der Waals surface area contributed by atoms with Crippen LogP contribution in [0.1, 0.15) is 49.3 Å². The van der Waals surface area contributed by atoms with Gasteiger partial charge in [-0.3, -0.25) is 14.5 Å². The number of carbonyl (C=O) groups is 2. The SMILES string of the molecule is COC(O)N1CCOC[C@H]1C(=O)N(c1cccc(F)c1)[C@H](C(=O)NC1CCCCC1)c1ccccc1C. The predicted octanol–water partition coefficient (Wildman–Crippen LogP) is 3.28. The summed E-state index contributed by atoms with van der Waals surface area (Å²) in [7, 11) is 1.35. The molecule has 2 aromatic carbocycles. The van der Waals surface area contributed by atoms with E-state index in [4.69, 9.17) is 9.47 Å². The first-order chi connectivity index (χ1) is 17.9. The van der Waals surface area contributed by atoms with E-state index in [0.29, 0.717) is 12.2 Å². The topological polar surface area (TPSA) is 91.3 Å². The second-order valence-electron chi connectivity index (χ2n) is 9.68. The third-order valence-corrected chi connectivity index (χ3v) is 7.21. The molecule has 0 aromatic heterocycles. The highest BCUT2D eigenvalue weighted by Crippen LogP contribution is 2.33. The smallest absolute Gasteiger partial charge is 0.248 e. The van der Waals surface area contributed by atoms with Gasteiger partial charge in [0.15, 0.2) is 0 Å². The van der Waals surface area contributed by atoms with Crippen LogP contribution in [-0.4, -0.2) is 67.2 Å². The number of anilines is 1. The largest absolute Gasteiger partial charge is 0.378 e. The summed E-state index contributed by atoms with van der Waals surface area (Å²) in [5.41, 5.74) is 1.72. The van der Waals surface area contributed by atoms with E-state index in [1.165, 1.54) is 35.1 Å². The summed E-state index contributed by atoms with van der Waals surface area (Å²) in [6.07, 6.45) is 3.64. The summed E-state index contributed by atoms with van der Waals surface area (Å²) in [4.78, 5) is 31.1. The number of benzene rings is 2. The maximum absolute atomic E-state index is 14.5. The Hall–Kier alpha value is -2.85. The first kappa shape index (κ1) is 27.2. The van der Waals surface area contributed by atoms with Gasteiger partial charge in [0, 0.05) is 25.4 Å². The van der Waals surface area contributed by atoms with Crippen molar-refractivity contribution in [2.75, 3.05) is 31.8 Å². The molecule has 2 N–H and O–H groups in total. The Labute approximate surface area is 217 Å². The molecule has 200 valence electrons. The van der Waals surface area contributed by atoms with Gasteiger partial charge >= 0.3 is 0 Å². The third kappa shape index (κ3) is 6.35. The van der Waals surface area contributed by atoms with E-state index in [9.17, 15) is 19.1 Å². The lowest BCUT2D eigenvalue weighted by molar-refractivity contribution is -0.212. The van der Waals surface area contributed by atoms with Gasteiger partial charge in [-0.2, -0.15) is 0 Å².